The van der Waals surface area contributed by atoms with Gasteiger partial charge in [0.05, 0.1) is 28.5 Å². The van der Waals surface area contributed by atoms with E-state index >= 15 is 0 Å². The Hall–Kier alpha value is -4.14. The molecule has 0 amide bonds. The molecule has 2 heterocycles. The van der Waals surface area contributed by atoms with Gasteiger partial charge in [-0.15, -0.1) is 0 Å². The number of nitrogens with zero attached hydrogens (tertiary/aromatic N) is 2. The van der Waals surface area contributed by atoms with Crippen LogP contribution in [-0.4, -0.2) is 23.2 Å². The highest BCUT2D eigenvalue weighted by Crippen LogP contribution is 2.36. The average molecular weight is 603 g/mol. The van der Waals surface area contributed by atoms with Crippen LogP contribution in [0, 0.1) is 0 Å². The fourth-order valence-corrected chi connectivity index (χ4v) is 5.93. The smallest absolute Gasteiger partial charge is 0.338 e. The summed E-state index contributed by atoms with van der Waals surface area (Å²) >= 11 is 7.28. The zero-order valence-electron chi connectivity index (χ0n) is 23.8. The number of benzene rings is 3. The van der Waals surface area contributed by atoms with Crippen LogP contribution in [0.3, 0.4) is 0 Å². The first-order chi connectivity index (χ1) is 20.3. The van der Waals surface area contributed by atoms with E-state index in [1.165, 1.54) is 11.3 Å². The Bertz CT molecular complexity index is 1820. The number of hydrogen-bond donors (Lipinski definition) is 0. The molecule has 1 atom stereocenters. The second kappa shape index (κ2) is 12.8. The van der Waals surface area contributed by atoms with E-state index in [0.717, 1.165) is 11.1 Å². The Morgan fingerprint density at radius 1 is 1.05 bits per heavy atom. The van der Waals surface area contributed by atoms with Crippen molar-refractivity contribution in [2.75, 3.05) is 6.61 Å². The van der Waals surface area contributed by atoms with Crippen molar-refractivity contribution in [3.05, 3.63) is 125 Å². The molecule has 0 aliphatic carbocycles. The van der Waals surface area contributed by atoms with Crippen LogP contribution in [0.25, 0.3) is 6.08 Å². The Morgan fingerprint density at radius 3 is 2.45 bits per heavy atom. The number of thiazole rings is 1. The van der Waals surface area contributed by atoms with E-state index in [1.54, 1.807) is 24.5 Å². The largest absolute Gasteiger partial charge is 0.491 e. The van der Waals surface area contributed by atoms with Crippen molar-refractivity contribution in [2.45, 2.75) is 46.4 Å². The number of rotatable bonds is 9. The quantitative estimate of drug-likeness (QED) is 0.226. The van der Waals surface area contributed by atoms with Crippen LogP contribution < -0.4 is 24.4 Å². The second-order valence-electron chi connectivity index (χ2n) is 9.96. The molecule has 0 radical (unpaired) electrons. The normalized spacial score (nSPS) is 14.9. The summed E-state index contributed by atoms with van der Waals surface area (Å²) in [6.45, 7) is 7.92. The molecule has 0 unspecified atom stereocenters. The van der Waals surface area contributed by atoms with Gasteiger partial charge in [0, 0.05) is 16.1 Å². The third kappa shape index (κ3) is 6.20. The van der Waals surface area contributed by atoms with Crippen molar-refractivity contribution < 1.29 is 19.0 Å². The molecule has 216 valence electrons. The molecular formula is C33H31ClN2O5S. The van der Waals surface area contributed by atoms with Gasteiger partial charge in [0.1, 0.15) is 24.1 Å². The molecule has 0 bridgehead atoms. The molecule has 0 spiro atoms. The van der Waals surface area contributed by atoms with Crippen molar-refractivity contribution in [1.29, 1.82) is 0 Å². The molecule has 1 aliphatic rings. The molecule has 0 saturated heterocycles. The SMILES string of the molecule is CCOC(=O)C1=C(C)N=c2s/c(=C\c3ccccc3OCc3ccc(Cl)cc3)c(=O)n2[C@H]1c1ccccc1OC(C)C. The molecule has 9 heteroatoms. The van der Waals surface area contributed by atoms with Crippen LogP contribution in [0.1, 0.15) is 50.4 Å². The summed E-state index contributed by atoms with van der Waals surface area (Å²) in [6.07, 6.45) is 1.69. The average Bonchev–Trinajstić information content (AvgIpc) is 3.26. The Balaban J connectivity index is 1.62. The van der Waals surface area contributed by atoms with Gasteiger partial charge in [-0.25, -0.2) is 9.79 Å². The zero-order valence-corrected chi connectivity index (χ0v) is 25.4. The number of fused-ring (bicyclic) bond motifs is 1. The van der Waals surface area contributed by atoms with Gasteiger partial charge in [-0.05, 0) is 63.6 Å². The number of carbonyl (C=O) groups is 1. The number of carbonyl (C=O) groups excluding carboxylic acids is 1. The second-order valence-corrected chi connectivity index (χ2v) is 11.4. The first-order valence-corrected chi connectivity index (χ1v) is 14.9. The van der Waals surface area contributed by atoms with E-state index in [1.807, 2.05) is 86.6 Å². The van der Waals surface area contributed by atoms with Crippen molar-refractivity contribution in [3.8, 4) is 11.5 Å². The van der Waals surface area contributed by atoms with Crippen LogP contribution in [0.5, 0.6) is 11.5 Å². The van der Waals surface area contributed by atoms with Gasteiger partial charge in [-0.3, -0.25) is 9.36 Å². The minimum atomic E-state index is -0.770. The number of para-hydroxylation sites is 2. The monoisotopic (exact) mass is 602 g/mol. The van der Waals surface area contributed by atoms with Crippen LogP contribution in [-0.2, 0) is 16.1 Å². The number of halogens is 1. The van der Waals surface area contributed by atoms with Gasteiger partial charge in [0.15, 0.2) is 4.80 Å². The number of hydrogen-bond acceptors (Lipinski definition) is 7. The topological polar surface area (TPSA) is 79.1 Å². The maximum Gasteiger partial charge on any atom is 0.338 e. The summed E-state index contributed by atoms with van der Waals surface area (Å²) in [5, 5.41) is 0.660. The van der Waals surface area contributed by atoms with E-state index in [9.17, 15) is 9.59 Å². The molecule has 1 aliphatic heterocycles. The van der Waals surface area contributed by atoms with Crippen LogP contribution in [0.2, 0.25) is 5.02 Å². The lowest BCUT2D eigenvalue weighted by Crippen LogP contribution is -2.40. The summed E-state index contributed by atoms with van der Waals surface area (Å²) in [4.78, 5) is 32.5. The lowest BCUT2D eigenvalue weighted by molar-refractivity contribution is -0.139. The Morgan fingerprint density at radius 2 is 1.74 bits per heavy atom. The molecule has 0 N–H and O–H groups in total. The molecule has 5 rings (SSSR count). The fourth-order valence-electron chi connectivity index (χ4n) is 4.77. The van der Waals surface area contributed by atoms with Crippen molar-refractivity contribution >= 4 is 35.0 Å². The van der Waals surface area contributed by atoms with Crippen LogP contribution in [0.4, 0.5) is 0 Å². The predicted molar refractivity (Wildman–Crippen MR) is 165 cm³/mol. The lowest BCUT2D eigenvalue weighted by atomic mass is 9.95. The van der Waals surface area contributed by atoms with Gasteiger partial charge in [-0.1, -0.05) is 71.5 Å². The molecule has 4 aromatic rings. The summed E-state index contributed by atoms with van der Waals surface area (Å²) in [5.74, 6) is 0.705. The Labute approximate surface area is 253 Å². The minimum Gasteiger partial charge on any atom is -0.491 e. The highest BCUT2D eigenvalue weighted by molar-refractivity contribution is 7.07. The number of esters is 1. The van der Waals surface area contributed by atoms with Crippen molar-refractivity contribution in [3.63, 3.8) is 0 Å². The maximum absolute atomic E-state index is 14.1. The number of allylic oxidation sites excluding steroid dienone is 1. The highest BCUT2D eigenvalue weighted by Gasteiger charge is 2.35. The first kappa shape index (κ1) is 29.4. The molecule has 3 aromatic carbocycles. The molecule has 0 fully saturated rings. The van der Waals surface area contributed by atoms with E-state index in [2.05, 4.69) is 4.99 Å². The molecule has 1 aromatic heterocycles. The van der Waals surface area contributed by atoms with Crippen molar-refractivity contribution in [1.82, 2.24) is 4.57 Å². The number of ether oxygens (including phenoxy) is 3. The van der Waals surface area contributed by atoms with Gasteiger partial charge >= 0.3 is 5.97 Å². The van der Waals surface area contributed by atoms with Gasteiger partial charge in [0.2, 0.25) is 0 Å². The maximum atomic E-state index is 14.1. The van der Waals surface area contributed by atoms with E-state index in [0.29, 0.717) is 49.3 Å². The van der Waals surface area contributed by atoms with Gasteiger partial charge in [-0.2, -0.15) is 0 Å². The predicted octanol–water partition coefficient (Wildman–Crippen LogP) is 5.82. The molecule has 7 nitrogen and oxygen atoms in total. The third-order valence-corrected chi connectivity index (χ3v) is 7.84. The molecule has 0 saturated carbocycles. The summed E-state index contributed by atoms with van der Waals surface area (Å²) in [7, 11) is 0. The van der Waals surface area contributed by atoms with E-state index < -0.39 is 12.0 Å². The fraction of sp³-hybridized carbons (Fsp3) is 0.242. The summed E-state index contributed by atoms with van der Waals surface area (Å²) < 4.78 is 19.7. The summed E-state index contributed by atoms with van der Waals surface area (Å²) in [6, 6.07) is 21.7. The first-order valence-electron chi connectivity index (χ1n) is 13.7. The van der Waals surface area contributed by atoms with E-state index in [4.69, 9.17) is 25.8 Å². The van der Waals surface area contributed by atoms with E-state index in [-0.39, 0.29) is 18.3 Å². The Kier molecular flexibility index (Phi) is 8.94. The molecular weight excluding hydrogens is 572 g/mol. The summed E-state index contributed by atoms with van der Waals surface area (Å²) in [5.41, 5.74) is 2.93. The number of aromatic nitrogens is 1. The van der Waals surface area contributed by atoms with Gasteiger partial charge < -0.3 is 14.2 Å². The lowest BCUT2D eigenvalue weighted by Gasteiger charge is -2.26. The van der Waals surface area contributed by atoms with Crippen LogP contribution >= 0.6 is 22.9 Å². The van der Waals surface area contributed by atoms with Gasteiger partial charge in [0.25, 0.3) is 5.56 Å². The zero-order chi connectivity index (χ0) is 29.8. The minimum absolute atomic E-state index is 0.109. The standard InChI is InChI=1S/C33H31ClN2O5S/c1-5-39-32(38)29-21(4)35-33-36(30(29)25-11-7-9-13-27(25)41-20(2)3)31(37)28(42-33)18-23-10-6-8-12-26(23)40-19-22-14-16-24(34)17-15-22/h6-18,20,30H,5,19H2,1-4H3/b28-18-/t30-/m0/s1. The van der Waals surface area contributed by atoms with Crippen molar-refractivity contribution in [2.24, 2.45) is 4.99 Å². The third-order valence-electron chi connectivity index (χ3n) is 6.61. The van der Waals surface area contributed by atoms with Crippen LogP contribution in [0.15, 0.2) is 93.9 Å². The molecule has 42 heavy (non-hydrogen) atoms. The highest BCUT2D eigenvalue weighted by atomic mass is 35.5.